The summed E-state index contributed by atoms with van der Waals surface area (Å²) >= 11 is 5.87. The number of benzene rings is 1. The smallest absolute Gasteiger partial charge is 0.234 e. The number of carbonyl (C=O) groups excluding carboxylic acids is 1. The first-order valence-corrected chi connectivity index (χ1v) is 9.34. The van der Waals surface area contributed by atoms with E-state index in [1.807, 2.05) is 37.3 Å². The normalized spacial score (nSPS) is 15.9. The van der Waals surface area contributed by atoms with Crippen molar-refractivity contribution in [2.75, 3.05) is 39.3 Å². The molecular weight excluding hydrogens is 352 g/mol. The Hall–Kier alpha value is -1.89. The molecule has 0 unspecified atom stereocenters. The molecule has 7 heteroatoms. The minimum absolute atomic E-state index is 0.0829. The van der Waals surface area contributed by atoms with E-state index in [0.717, 1.165) is 55.6 Å². The summed E-state index contributed by atoms with van der Waals surface area (Å²) in [6, 6.07) is 9.70. The Bertz CT molecular complexity index is 709. The first-order chi connectivity index (χ1) is 12.6. The van der Waals surface area contributed by atoms with E-state index in [1.165, 1.54) is 5.56 Å². The largest absolute Gasteiger partial charge is 0.361 e. The summed E-state index contributed by atoms with van der Waals surface area (Å²) < 4.78 is 5.11. The number of carbonyl (C=O) groups is 1. The third-order valence-electron chi connectivity index (χ3n) is 4.54. The Morgan fingerprint density at radius 1 is 1.19 bits per heavy atom. The fraction of sp³-hybridized carbons (Fsp3) is 0.474. The van der Waals surface area contributed by atoms with Gasteiger partial charge < -0.3 is 9.84 Å². The van der Waals surface area contributed by atoms with Crippen LogP contribution in [0.15, 0.2) is 34.9 Å². The summed E-state index contributed by atoms with van der Waals surface area (Å²) in [7, 11) is 0. The van der Waals surface area contributed by atoms with Crippen LogP contribution in [0.4, 0.5) is 0 Å². The minimum atomic E-state index is 0.0829. The molecule has 1 aromatic carbocycles. The van der Waals surface area contributed by atoms with Crippen LogP contribution in [0.25, 0.3) is 0 Å². The van der Waals surface area contributed by atoms with Crippen LogP contribution < -0.4 is 5.32 Å². The summed E-state index contributed by atoms with van der Waals surface area (Å²) in [4.78, 5) is 16.7. The third-order valence-corrected chi connectivity index (χ3v) is 4.80. The predicted molar refractivity (Wildman–Crippen MR) is 101 cm³/mol. The van der Waals surface area contributed by atoms with E-state index in [-0.39, 0.29) is 5.91 Å². The Morgan fingerprint density at radius 2 is 1.88 bits per heavy atom. The van der Waals surface area contributed by atoms with E-state index in [1.54, 1.807) is 0 Å². The van der Waals surface area contributed by atoms with Gasteiger partial charge in [0.05, 0.1) is 12.2 Å². The number of aryl methyl sites for hydroxylation is 1. The van der Waals surface area contributed by atoms with Gasteiger partial charge >= 0.3 is 0 Å². The van der Waals surface area contributed by atoms with Gasteiger partial charge in [-0.15, -0.1) is 0 Å². The number of rotatable bonds is 7. The number of amides is 1. The molecule has 1 aromatic heterocycles. The molecule has 0 bridgehead atoms. The van der Waals surface area contributed by atoms with E-state index in [9.17, 15) is 4.79 Å². The van der Waals surface area contributed by atoms with Gasteiger partial charge in [-0.3, -0.25) is 14.6 Å². The lowest BCUT2D eigenvalue weighted by atomic mass is 10.1. The highest BCUT2D eigenvalue weighted by Crippen LogP contribution is 2.10. The maximum absolute atomic E-state index is 12.1. The average Bonchev–Trinajstić information content (AvgIpc) is 3.03. The van der Waals surface area contributed by atoms with E-state index in [4.69, 9.17) is 16.1 Å². The molecule has 1 saturated heterocycles. The van der Waals surface area contributed by atoms with E-state index in [2.05, 4.69) is 20.3 Å². The van der Waals surface area contributed by atoms with Crippen LogP contribution in [-0.2, 0) is 17.8 Å². The zero-order valence-electron chi connectivity index (χ0n) is 15.1. The molecule has 0 aliphatic carbocycles. The van der Waals surface area contributed by atoms with Crippen molar-refractivity contribution in [2.24, 2.45) is 0 Å². The molecular formula is C19H25ClN4O2. The molecule has 0 atom stereocenters. The van der Waals surface area contributed by atoms with Crippen LogP contribution in [0, 0.1) is 6.92 Å². The topological polar surface area (TPSA) is 61.6 Å². The Kier molecular flexibility index (Phi) is 6.66. The average molecular weight is 377 g/mol. The highest BCUT2D eigenvalue weighted by molar-refractivity contribution is 6.30. The van der Waals surface area contributed by atoms with Gasteiger partial charge in [-0.1, -0.05) is 28.9 Å². The maximum atomic E-state index is 12.1. The van der Waals surface area contributed by atoms with Crippen LogP contribution in [0.1, 0.15) is 17.0 Å². The van der Waals surface area contributed by atoms with Crippen molar-refractivity contribution in [3.8, 4) is 0 Å². The van der Waals surface area contributed by atoms with Gasteiger partial charge in [0, 0.05) is 50.4 Å². The zero-order valence-corrected chi connectivity index (χ0v) is 15.8. The molecule has 140 valence electrons. The maximum Gasteiger partial charge on any atom is 0.234 e. The molecule has 6 nitrogen and oxygen atoms in total. The molecule has 26 heavy (non-hydrogen) atoms. The molecule has 0 radical (unpaired) electrons. The summed E-state index contributed by atoms with van der Waals surface area (Å²) in [5.41, 5.74) is 2.14. The number of hydrogen-bond donors (Lipinski definition) is 1. The minimum Gasteiger partial charge on any atom is -0.361 e. The molecule has 0 spiro atoms. The Labute approximate surface area is 159 Å². The van der Waals surface area contributed by atoms with Crippen molar-refractivity contribution in [1.82, 2.24) is 20.3 Å². The zero-order chi connectivity index (χ0) is 18.4. The number of piperazine rings is 1. The standard InChI is InChI=1S/C19H25ClN4O2/c1-15-12-18(22-26-15)13-23-8-10-24(11-9-23)14-19(25)21-7-6-16-2-4-17(20)5-3-16/h2-5,12H,6-11,13-14H2,1H3,(H,21,25). The van der Waals surface area contributed by atoms with Crippen molar-refractivity contribution in [3.63, 3.8) is 0 Å². The van der Waals surface area contributed by atoms with Crippen molar-refractivity contribution in [3.05, 3.63) is 52.4 Å². The van der Waals surface area contributed by atoms with Crippen LogP contribution in [0.2, 0.25) is 5.02 Å². The molecule has 3 rings (SSSR count). The highest BCUT2D eigenvalue weighted by Gasteiger charge is 2.19. The second kappa shape index (κ2) is 9.16. The molecule has 1 aliphatic heterocycles. The van der Waals surface area contributed by atoms with Crippen molar-refractivity contribution in [2.45, 2.75) is 19.9 Å². The van der Waals surface area contributed by atoms with Gasteiger partial charge in [0.15, 0.2) is 0 Å². The third kappa shape index (κ3) is 5.83. The molecule has 1 N–H and O–H groups in total. The quantitative estimate of drug-likeness (QED) is 0.802. The fourth-order valence-corrected chi connectivity index (χ4v) is 3.21. The van der Waals surface area contributed by atoms with E-state index < -0.39 is 0 Å². The monoisotopic (exact) mass is 376 g/mol. The highest BCUT2D eigenvalue weighted by atomic mass is 35.5. The number of aromatic nitrogens is 1. The van der Waals surface area contributed by atoms with Crippen molar-refractivity contribution >= 4 is 17.5 Å². The SMILES string of the molecule is Cc1cc(CN2CCN(CC(=O)NCCc3ccc(Cl)cc3)CC2)no1. The van der Waals surface area contributed by atoms with Crippen molar-refractivity contribution in [1.29, 1.82) is 0 Å². The second-order valence-electron chi connectivity index (χ2n) is 6.71. The number of nitrogens with one attached hydrogen (secondary N) is 1. The first-order valence-electron chi connectivity index (χ1n) is 8.96. The van der Waals surface area contributed by atoms with Gasteiger partial charge in [-0.2, -0.15) is 0 Å². The van der Waals surface area contributed by atoms with E-state index >= 15 is 0 Å². The van der Waals surface area contributed by atoms with Crippen LogP contribution in [0.3, 0.4) is 0 Å². The summed E-state index contributed by atoms with van der Waals surface area (Å²) in [5.74, 6) is 0.924. The van der Waals surface area contributed by atoms with Gasteiger partial charge in [-0.25, -0.2) is 0 Å². The lowest BCUT2D eigenvalue weighted by Gasteiger charge is -2.33. The van der Waals surface area contributed by atoms with Crippen LogP contribution in [0.5, 0.6) is 0 Å². The number of hydrogen-bond acceptors (Lipinski definition) is 5. The van der Waals surface area contributed by atoms with Crippen LogP contribution in [-0.4, -0.2) is 60.1 Å². The molecule has 2 aromatic rings. The fourth-order valence-electron chi connectivity index (χ4n) is 3.08. The number of halogens is 1. The Balaban J connectivity index is 1.32. The molecule has 1 aliphatic rings. The Morgan fingerprint density at radius 3 is 2.54 bits per heavy atom. The summed E-state index contributed by atoms with van der Waals surface area (Å²) in [6.07, 6.45) is 0.813. The van der Waals surface area contributed by atoms with Crippen LogP contribution >= 0.6 is 11.6 Å². The van der Waals surface area contributed by atoms with Gasteiger partial charge in [-0.05, 0) is 31.0 Å². The molecule has 1 fully saturated rings. The molecule has 2 heterocycles. The summed E-state index contributed by atoms with van der Waals surface area (Å²) in [5, 5.41) is 7.77. The predicted octanol–water partition coefficient (Wildman–Crippen LogP) is 2.11. The molecule has 1 amide bonds. The van der Waals surface area contributed by atoms with Gasteiger partial charge in [0.2, 0.25) is 5.91 Å². The first kappa shape index (κ1) is 18.9. The van der Waals surface area contributed by atoms with Crippen molar-refractivity contribution < 1.29 is 9.32 Å². The van der Waals surface area contributed by atoms with E-state index in [0.29, 0.717) is 13.1 Å². The summed E-state index contributed by atoms with van der Waals surface area (Å²) in [6.45, 7) is 7.46. The lowest BCUT2D eigenvalue weighted by Crippen LogP contribution is -2.49. The molecule has 0 saturated carbocycles. The van der Waals surface area contributed by atoms with Gasteiger partial charge in [0.1, 0.15) is 5.76 Å². The number of nitrogens with zero attached hydrogens (tertiary/aromatic N) is 3. The van der Waals surface area contributed by atoms with Gasteiger partial charge in [0.25, 0.3) is 0 Å². The second-order valence-corrected chi connectivity index (χ2v) is 7.14. The lowest BCUT2D eigenvalue weighted by molar-refractivity contribution is -0.122.